The second kappa shape index (κ2) is 7.02. The maximum Gasteiger partial charge on any atom is 0.317 e. The fourth-order valence-corrected chi connectivity index (χ4v) is 2.13. The monoisotopic (exact) mass is 262 g/mol. The van der Waals surface area contributed by atoms with Gasteiger partial charge in [-0.15, -0.1) is 0 Å². The highest BCUT2D eigenvalue weighted by atomic mass is 16.5. The van der Waals surface area contributed by atoms with Gasteiger partial charge >= 0.3 is 6.03 Å². The third-order valence-corrected chi connectivity index (χ3v) is 3.23. The molecule has 1 aliphatic rings. The summed E-state index contributed by atoms with van der Waals surface area (Å²) in [5, 5.41) is 2.95. The number of rotatable bonds is 5. The molecule has 104 valence electrons. The zero-order chi connectivity index (χ0) is 13.5. The lowest BCUT2D eigenvalue weighted by Crippen LogP contribution is -2.37. The first kappa shape index (κ1) is 13.7. The number of likely N-dealkylation sites (tertiary alicyclic amines) is 1. The molecule has 1 aliphatic heterocycles. The molecule has 19 heavy (non-hydrogen) atoms. The summed E-state index contributed by atoms with van der Waals surface area (Å²) in [4.78, 5) is 13.7. The minimum absolute atomic E-state index is 0.0452. The molecule has 0 atom stereocenters. The van der Waals surface area contributed by atoms with Gasteiger partial charge in [0.1, 0.15) is 5.75 Å². The summed E-state index contributed by atoms with van der Waals surface area (Å²) in [6.07, 6.45) is 3.25. The van der Waals surface area contributed by atoms with Gasteiger partial charge in [0.2, 0.25) is 0 Å². The van der Waals surface area contributed by atoms with Crippen molar-refractivity contribution in [3.63, 3.8) is 0 Å². The number of ether oxygens (including phenoxy) is 1. The number of urea groups is 1. The van der Waals surface area contributed by atoms with Gasteiger partial charge in [0, 0.05) is 19.6 Å². The fraction of sp³-hybridized carbons (Fsp3) is 0.533. The van der Waals surface area contributed by atoms with Crippen LogP contribution in [-0.2, 0) is 6.54 Å². The molecule has 1 heterocycles. The van der Waals surface area contributed by atoms with Crippen molar-refractivity contribution >= 4 is 6.03 Å². The molecule has 0 aromatic heterocycles. The third kappa shape index (κ3) is 4.16. The Kier molecular flexibility index (Phi) is 5.07. The second-order valence-electron chi connectivity index (χ2n) is 4.85. The van der Waals surface area contributed by atoms with E-state index in [9.17, 15) is 4.79 Å². The number of carbonyl (C=O) groups is 1. The van der Waals surface area contributed by atoms with Crippen LogP contribution in [-0.4, -0.2) is 30.6 Å². The van der Waals surface area contributed by atoms with Gasteiger partial charge in [-0.2, -0.15) is 0 Å². The van der Waals surface area contributed by atoms with E-state index in [0.717, 1.165) is 50.3 Å². The minimum atomic E-state index is 0.0452. The Balaban J connectivity index is 1.77. The van der Waals surface area contributed by atoms with Crippen molar-refractivity contribution in [2.45, 2.75) is 32.7 Å². The number of carbonyl (C=O) groups excluding carboxylic acids is 1. The zero-order valence-corrected chi connectivity index (χ0v) is 11.5. The SMILES string of the molecule is CCCOc1ccc(CNC(=O)N2CCCC2)cc1. The highest BCUT2D eigenvalue weighted by molar-refractivity contribution is 5.74. The predicted molar refractivity (Wildman–Crippen MR) is 75.3 cm³/mol. The summed E-state index contributed by atoms with van der Waals surface area (Å²) in [5.41, 5.74) is 1.09. The minimum Gasteiger partial charge on any atom is -0.494 e. The first-order valence-electron chi connectivity index (χ1n) is 7.04. The quantitative estimate of drug-likeness (QED) is 0.886. The summed E-state index contributed by atoms with van der Waals surface area (Å²) in [5.74, 6) is 0.886. The van der Waals surface area contributed by atoms with Crippen LogP contribution in [0.4, 0.5) is 4.79 Å². The molecule has 4 heteroatoms. The van der Waals surface area contributed by atoms with Gasteiger partial charge in [0.05, 0.1) is 6.61 Å². The van der Waals surface area contributed by atoms with Crippen LogP contribution in [0, 0.1) is 0 Å². The lowest BCUT2D eigenvalue weighted by Gasteiger charge is -2.16. The lowest BCUT2D eigenvalue weighted by molar-refractivity contribution is 0.208. The Bertz CT molecular complexity index is 397. The Labute approximate surface area is 114 Å². The van der Waals surface area contributed by atoms with E-state index in [4.69, 9.17) is 4.74 Å². The van der Waals surface area contributed by atoms with E-state index in [1.165, 1.54) is 0 Å². The molecule has 0 unspecified atom stereocenters. The number of amides is 2. The molecule has 0 spiro atoms. The van der Waals surface area contributed by atoms with E-state index in [0.29, 0.717) is 6.54 Å². The summed E-state index contributed by atoms with van der Waals surface area (Å²) in [6, 6.07) is 7.94. The number of hydrogen-bond acceptors (Lipinski definition) is 2. The average molecular weight is 262 g/mol. The van der Waals surface area contributed by atoms with E-state index >= 15 is 0 Å². The zero-order valence-electron chi connectivity index (χ0n) is 11.5. The fourth-order valence-electron chi connectivity index (χ4n) is 2.13. The molecule has 0 radical (unpaired) electrons. The molecule has 2 rings (SSSR count). The lowest BCUT2D eigenvalue weighted by atomic mass is 10.2. The first-order valence-corrected chi connectivity index (χ1v) is 7.04. The summed E-state index contributed by atoms with van der Waals surface area (Å²) < 4.78 is 5.52. The maximum atomic E-state index is 11.8. The third-order valence-electron chi connectivity index (χ3n) is 3.23. The normalized spacial score (nSPS) is 14.5. The molecule has 1 aromatic rings. The molecule has 1 aromatic carbocycles. The molecule has 0 bridgehead atoms. The van der Waals surface area contributed by atoms with Crippen LogP contribution in [0.2, 0.25) is 0 Å². The van der Waals surface area contributed by atoms with Crippen molar-refractivity contribution in [1.82, 2.24) is 10.2 Å². The maximum absolute atomic E-state index is 11.8. The standard InChI is InChI=1S/C15H22N2O2/c1-2-11-19-14-7-5-13(6-8-14)12-16-15(18)17-9-3-4-10-17/h5-8H,2-4,9-12H2,1H3,(H,16,18). The summed E-state index contributed by atoms with van der Waals surface area (Å²) >= 11 is 0. The van der Waals surface area contributed by atoms with E-state index in [1.807, 2.05) is 29.2 Å². The summed E-state index contributed by atoms with van der Waals surface area (Å²) in [7, 11) is 0. The highest BCUT2D eigenvalue weighted by Crippen LogP contribution is 2.13. The molecule has 4 nitrogen and oxygen atoms in total. The van der Waals surface area contributed by atoms with Crippen LogP contribution in [0.3, 0.4) is 0 Å². The number of nitrogens with zero attached hydrogens (tertiary/aromatic N) is 1. The molecular weight excluding hydrogens is 240 g/mol. The molecule has 0 saturated carbocycles. The van der Waals surface area contributed by atoms with Gasteiger partial charge in [-0.25, -0.2) is 4.79 Å². The Morgan fingerprint density at radius 2 is 1.95 bits per heavy atom. The van der Waals surface area contributed by atoms with Gasteiger partial charge in [-0.05, 0) is 37.0 Å². The van der Waals surface area contributed by atoms with Gasteiger partial charge in [-0.3, -0.25) is 0 Å². The smallest absolute Gasteiger partial charge is 0.317 e. The molecule has 0 aliphatic carbocycles. The van der Waals surface area contributed by atoms with Gasteiger partial charge in [-0.1, -0.05) is 19.1 Å². The van der Waals surface area contributed by atoms with E-state index in [-0.39, 0.29) is 6.03 Å². The average Bonchev–Trinajstić information content (AvgIpc) is 2.98. The molecular formula is C15H22N2O2. The van der Waals surface area contributed by atoms with Crippen LogP contribution >= 0.6 is 0 Å². The number of benzene rings is 1. The van der Waals surface area contributed by atoms with Crippen LogP contribution in [0.1, 0.15) is 31.7 Å². The van der Waals surface area contributed by atoms with Crippen molar-refractivity contribution in [2.24, 2.45) is 0 Å². The van der Waals surface area contributed by atoms with Crippen LogP contribution in [0.5, 0.6) is 5.75 Å². The Morgan fingerprint density at radius 1 is 1.26 bits per heavy atom. The van der Waals surface area contributed by atoms with Gasteiger partial charge < -0.3 is 15.0 Å². The van der Waals surface area contributed by atoms with E-state index in [1.54, 1.807) is 0 Å². The van der Waals surface area contributed by atoms with E-state index in [2.05, 4.69) is 12.2 Å². The van der Waals surface area contributed by atoms with Crippen LogP contribution < -0.4 is 10.1 Å². The first-order chi connectivity index (χ1) is 9.29. The number of nitrogens with one attached hydrogen (secondary N) is 1. The van der Waals surface area contributed by atoms with Crippen molar-refractivity contribution in [2.75, 3.05) is 19.7 Å². The van der Waals surface area contributed by atoms with Crippen molar-refractivity contribution in [3.8, 4) is 5.75 Å². The van der Waals surface area contributed by atoms with Crippen molar-refractivity contribution < 1.29 is 9.53 Å². The molecule has 1 saturated heterocycles. The second-order valence-corrected chi connectivity index (χ2v) is 4.85. The molecule has 1 N–H and O–H groups in total. The van der Waals surface area contributed by atoms with Crippen molar-refractivity contribution in [1.29, 1.82) is 0 Å². The Morgan fingerprint density at radius 3 is 2.58 bits per heavy atom. The Hall–Kier alpha value is -1.71. The van der Waals surface area contributed by atoms with Crippen LogP contribution in [0.25, 0.3) is 0 Å². The predicted octanol–water partition coefficient (Wildman–Crippen LogP) is 2.78. The van der Waals surface area contributed by atoms with Crippen LogP contribution in [0.15, 0.2) is 24.3 Å². The van der Waals surface area contributed by atoms with E-state index < -0.39 is 0 Å². The topological polar surface area (TPSA) is 41.6 Å². The van der Waals surface area contributed by atoms with Gasteiger partial charge in [0.15, 0.2) is 0 Å². The number of hydrogen-bond donors (Lipinski definition) is 1. The summed E-state index contributed by atoms with van der Waals surface area (Å²) in [6.45, 7) is 5.17. The van der Waals surface area contributed by atoms with Crippen molar-refractivity contribution in [3.05, 3.63) is 29.8 Å². The van der Waals surface area contributed by atoms with Gasteiger partial charge in [0.25, 0.3) is 0 Å². The highest BCUT2D eigenvalue weighted by Gasteiger charge is 2.16. The largest absolute Gasteiger partial charge is 0.494 e. The molecule has 2 amide bonds. The molecule has 1 fully saturated rings.